The Kier molecular flexibility index (Phi) is 36.4. The molecule has 29 nitrogen and oxygen atoms in total. The third-order valence-electron chi connectivity index (χ3n) is 16.8. The molecule has 29 heteroatoms. The number of aliphatic carboxylic acids is 1. The maximum Gasteiger partial charge on any atom is 0.407 e. The first kappa shape index (κ1) is 85.7. The molecule has 542 valence electrons. The number of ether oxygens (including phenoxy) is 2. The van der Waals surface area contributed by atoms with Gasteiger partial charge in [0.1, 0.15) is 66.0 Å². The lowest BCUT2D eigenvalue weighted by Crippen LogP contribution is -2.63. The molecule has 0 bridgehead atoms. The maximum atomic E-state index is 14.8. The molecule has 1 aliphatic heterocycles. The molecule has 11 amide bonds. The van der Waals surface area contributed by atoms with Gasteiger partial charge in [-0.3, -0.25) is 47.9 Å². The fourth-order valence-electron chi connectivity index (χ4n) is 10.4. The zero-order valence-corrected chi connectivity index (χ0v) is 60.7. The highest BCUT2D eigenvalue weighted by atomic mass is 16.6. The highest BCUT2D eigenvalue weighted by Crippen LogP contribution is 2.23. The summed E-state index contributed by atoms with van der Waals surface area (Å²) in [7, 11) is 0. The van der Waals surface area contributed by atoms with Crippen LogP contribution in [0, 0.1) is 41.4 Å². The smallest absolute Gasteiger partial charge is 0.407 e. The number of carboxylic acids is 1. The van der Waals surface area contributed by atoms with Crippen LogP contribution in [-0.4, -0.2) is 178 Å². The van der Waals surface area contributed by atoms with E-state index >= 15 is 0 Å². The van der Waals surface area contributed by atoms with E-state index in [1.54, 1.807) is 132 Å². The monoisotopic (exact) mass is 1350 g/mol. The van der Waals surface area contributed by atoms with Crippen LogP contribution in [0.2, 0.25) is 0 Å². The molecule has 0 spiro atoms. The van der Waals surface area contributed by atoms with Crippen molar-refractivity contribution < 1.29 is 72.1 Å². The topological polar surface area (TPSA) is 416 Å². The van der Waals surface area contributed by atoms with Crippen molar-refractivity contribution in [2.75, 3.05) is 13.1 Å². The molecule has 15 atom stereocenters. The van der Waals surface area contributed by atoms with E-state index in [-0.39, 0.29) is 57.0 Å². The number of carbonyl (C=O) groups is 12. The van der Waals surface area contributed by atoms with Crippen molar-refractivity contribution >= 4 is 71.1 Å². The van der Waals surface area contributed by atoms with E-state index in [9.17, 15) is 68.2 Å². The molecule has 1 aliphatic rings. The second-order valence-corrected chi connectivity index (χ2v) is 28.8. The molecular weight excluding hydrogens is 1230 g/mol. The quantitative estimate of drug-likeness (QED) is 0.0164. The van der Waals surface area contributed by atoms with E-state index in [4.69, 9.17) is 9.47 Å². The molecule has 0 radical (unpaired) electrons. The van der Waals surface area contributed by atoms with Crippen LogP contribution in [-0.2, 0) is 62.2 Å². The van der Waals surface area contributed by atoms with Gasteiger partial charge in [0.05, 0.1) is 17.7 Å². The normalized spacial score (nSPS) is 17.8. The van der Waals surface area contributed by atoms with Gasteiger partial charge in [-0.05, 0) is 128 Å². The van der Waals surface area contributed by atoms with Gasteiger partial charge in [0.25, 0.3) is 0 Å². The number of hydrogen-bond acceptors (Lipinski definition) is 15. The standard InChI is InChI=1S/C66H118N14O15/c1-23-38(12)30-31-45(81)70-46(34(4)5)56(84)77-53(42(16)94-65(17,18)19)61(89)71-47(35(6)7)57(85)72-48(36(8)9)62(90)80-33-27-29-44(80)55(83)69-43(28-26-32-68-64(93)95-66(20,21)22)54(82)74-50(39(13)24-2)59(87)76-52(41(15)78-79-67)60(88)75-51(40(14)25-3)58(86)73-49(37(10)11)63(91)92/h34-44,46-53H,23-33H2,1-22H3,(H,68,93)(H,69,83)(H,70,81)(H,71,89)(H,72,85)(H,73,86)(H,74,82)(H,75,88)(H,76,87)(H,77,84)(H,91,92)/t38-,39-,40-,41+,42+,43-,44+,46+,47-,48+,49-,50+,51+,52+,53-/m0/s1. The van der Waals surface area contributed by atoms with E-state index in [2.05, 4.69) is 63.2 Å². The van der Waals surface area contributed by atoms with Crippen LogP contribution in [0.5, 0.6) is 0 Å². The average Bonchev–Trinajstić information content (AvgIpc) is 1.79. The number of nitrogens with zero attached hydrogens (tertiary/aromatic N) is 4. The summed E-state index contributed by atoms with van der Waals surface area (Å²) in [5, 5.41) is 40.5. The molecule has 1 rings (SSSR count). The number of rotatable bonds is 39. The van der Waals surface area contributed by atoms with Gasteiger partial charge in [-0.25, -0.2) is 9.59 Å². The van der Waals surface area contributed by atoms with Crippen LogP contribution >= 0.6 is 0 Å². The number of nitrogens with one attached hydrogen (secondary N) is 10. The van der Waals surface area contributed by atoms with Crippen molar-refractivity contribution in [1.29, 1.82) is 0 Å². The first-order valence-corrected chi connectivity index (χ1v) is 33.9. The minimum absolute atomic E-state index is 0.0281. The van der Waals surface area contributed by atoms with E-state index < -0.39 is 179 Å². The van der Waals surface area contributed by atoms with Crippen molar-refractivity contribution in [3.05, 3.63) is 10.4 Å². The van der Waals surface area contributed by atoms with Crippen LogP contribution in [0.25, 0.3) is 10.4 Å². The number of azide groups is 1. The Balaban J connectivity index is 3.73. The summed E-state index contributed by atoms with van der Waals surface area (Å²) < 4.78 is 11.6. The molecular formula is C66H118N14O15. The van der Waals surface area contributed by atoms with Crippen molar-refractivity contribution in [1.82, 2.24) is 58.1 Å². The third kappa shape index (κ3) is 29.3. The molecule has 0 aromatic heterocycles. The summed E-state index contributed by atoms with van der Waals surface area (Å²) >= 11 is 0. The molecule has 0 aliphatic carbocycles. The number of carboxylic acid groups (broad SMARTS) is 1. The van der Waals surface area contributed by atoms with Crippen LogP contribution < -0.4 is 53.2 Å². The Bertz CT molecular complexity index is 2640. The molecule has 1 heterocycles. The second kappa shape index (κ2) is 40.3. The summed E-state index contributed by atoms with van der Waals surface area (Å²) in [6.45, 7) is 37.7. The van der Waals surface area contributed by atoms with Gasteiger partial charge in [0, 0.05) is 24.4 Å². The van der Waals surface area contributed by atoms with Gasteiger partial charge >= 0.3 is 12.1 Å². The molecule has 0 saturated carbocycles. The number of likely N-dealkylation sites (tertiary alicyclic amines) is 1. The van der Waals surface area contributed by atoms with Gasteiger partial charge in [0.15, 0.2) is 0 Å². The molecule has 11 N–H and O–H groups in total. The van der Waals surface area contributed by atoms with Crippen LogP contribution in [0.1, 0.15) is 210 Å². The molecule has 1 saturated heterocycles. The van der Waals surface area contributed by atoms with E-state index in [0.717, 1.165) is 6.42 Å². The predicted octanol–water partition coefficient (Wildman–Crippen LogP) is 5.18. The van der Waals surface area contributed by atoms with E-state index in [1.807, 2.05) is 13.8 Å². The maximum absolute atomic E-state index is 14.8. The average molecular weight is 1350 g/mol. The number of carbonyl (C=O) groups excluding carboxylic acids is 11. The lowest BCUT2D eigenvalue weighted by Gasteiger charge is -2.34. The zero-order valence-electron chi connectivity index (χ0n) is 60.7. The molecule has 0 aromatic carbocycles. The minimum Gasteiger partial charge on any atom is -0.480 e. The first-order valence-electron chi connectivity index (χ1n) is 33.9. The summed E-state index contributed by atoms with van der Waals surface area (Å²) in [4.78, 5) is 172. The second-order valence-electron chi connectivity index (χ2n) is 28.8. The number of hydrogen-bond donors (Lipinski definition) is 11. The Morgan fingerprint density at radius 1 is 0.537 bits per heavy atom. The SMILES string of the molecule is CC[C@H](C)CCC(=O)N[C@@H](C(=O)N[C@H](C(=O)N[C@H](C(=O)N[C@@H](C(=O)N1CCC[C@@H]1C(=O)N[C@@H](CCCNC(=O)OC(C)(C)C)C(=O)N[C@@H](C(=O)N[C@@H](C(=O)N[C@@H](C(=O)N[C@H](C(=O)O)C(C)C)[C@@H](C)CC)[C@@H](C)N=[N+]=[N-])[C@@H](C)CC)C(C)C)C(C)C)[C@@H](C)OC(C)(C)C)C(C)C. The highest BCUT2D eigenvalue weighted by Gasteiger charge is 2.43. The Hall–Kier alpha value is -7.29. The van der Waals surface area contributed by atoms with Crippen LogP contribution in [0.15, 0.2) is 5.11 Å². The van der Waals surface area contributed by atoms with Gasteiger partial charge in [-0.15, -0.1) is 0 Å². The largest absolute Gasteiger partial charge is 0.480 e. The minimum atomic E-state index is -1.64. The lowest BCUT2D eigenvalue weighted by atomic mass is 9.95. The van der Waals surface area contributed by atoms with Crippen molar-refractivity contribution in [2.45, 2.75) is 294 Å². The predicted molar refractivity (Wildman–Crippen MR) is 359 cm³/mol. The fourth-order valence-corrected chi connectivity index (χ4v) is 10.4. The van der Waals surface area contributed by atoms with Crippen LogP contribution in [0.3, 0.4) is 0 Å². The van der Waals surface area contributed by atoms with E-state index in [1.165, 1.54) is 11.8 Å². The molecule has 0 unspecified atom stereocenters. The summed E-state index contributed by atoms with van der Waals surface area (Å²) in [6, 6.07) is -14.4. The first-order chi connectivity index (χ1) is 44.0. The lowest BCUT2D eigenvalue weighted by molar-refractivity contribution is -0.144. The summed E-state index contributed by atoms with van der Waals surface area (Å²) in [5.41, 5.74) is 7.85. The van der Waals surface area contributed by atoms with Gasteiger partial charge in [-0.2, -0.15) is 0 Å². The van der Waals surface area contributed by atoms with Crippen molar-refractivity contribution in [3.8, 4) is 0 Å². The summed E-state index contributed by atoms with van der Waals surface area (Å²) in [6.07, 6.45) is 1.10. The van der Waals surface area contributed by atoms with Gasteiger partial charge in [0.2, 0.25) is 59.1 Å². The highest BCUT2D eigenvalue weighted by molar-refractivity contribution is 5.99. The molecule has 0 aromatic rings. The van der Waals surface area contributed by atoms with E-state index in [0.29, 0.717) is 25.2 Å². The zero-order chi connectivity index (χ0) is 73.2. The van der Waals surface area contributed by atoms with Gasteiger partial charge in [-0.1, -0.05) is 128 Å². The van der Waals surface area contributed by atoms with Crippen molar-refractivity contribution in [2.24, 2.45) is 46.5 Å². The van der Waals surface area contributed by atoms with Crippen molar-refractivity contribution in [3.63, 3.8) is 0 Å². The Labute approximate surface area is 563 Å². The Morgan fingerprint density at radius 3 is 1.43 bits per heavy atom. The number of amides is 11. The molecule has 95 heavy (non-hydrogen) atoms. The fraction of sp³-hybridized carbons (Fsp3) is 0.818. The summed E-state index contributed by atoms with van der Waals surface area (Å²) in [5.74, 6) is -11.6. The van der Waals surface area contributed by atoms with Crippen LogP contribution in [0.4, 0.5) is 4.79 Å². The number of alkyl carbamates (subject to hydrolysis) is 1. The Morgan fingerprint density at radius 2 is 0.968 bits per heavy atom. The van der Waals surface area contributed by atoms with Gasteiger partial charge < -0.3 is 72.6 Å². The molecule has 1 fully saturated rings. The third-order valence-corrected chi connectivity index (χ3v) is 16.8.